The highest BCUT2D eigenvalue weighted by molar-refractivity contribution is 5.92. The molecule has 0 saturated carbocycles. The third-order valence-electron chi connectivity index (χ3n) is 4.66. The molecular formula is C20H26N4O. The van der Waals surface area contributed by atoms with Crippen molar-refractivity contribution in [2.75, 3.05) is 18.4 Å². The van der Waals surface area contributed by atoms with Gasteiger partial charge in [0.15, 0.2) is 0 Å². The summed E-state index contributed by atoms with van der Waals surface area (Å²) in [5.74, 6) is 0.501. The maximum absolute atomic E-state index is 12.6. The number of benzene rings is 1. The second kappa shape index (κ2) is 7.64. The SMILES string of the molecule is Cc1cnc(C(=O)N2CCCC(Nc3ccc(C(C)C)cc3)C2)cn1. The molecule has 0 bridgehead atoms. The second-order valence-electron chi connectivity index (χ2n) is 7.05. The Morgan fingerprint density at radius 1 is 1.20 bits per heavy atom. The largest absolute Gasteiger partial charge is 0.381 e. The van der Waals surface area contributed by atoms with Gasteiger partial charge in [0, 0.05) is 31.0 Å². The third kappa shape index (κ3) is 4.35. The number of aryl methyl sites for hydroxylation is 1. The number of nitrogens with zero attached hydrogens (tertiary/aromatic N) is 3. The van der Waals surface area contributed by atoms with Crippen molar-refractivity contribution in [2.45, 2.75) is 45.6 Å². The van der Waals surface area contributed by atoms with Crippen LogP contribution in [0.25, 0.3) is 0 Å². The summed E-state index contributed by atoms with van der Waals surface area (Å²) in [5.41, 5.74) is 3.69. The fraction of sp³-hybridized carbons (Fsp3) is 0.450. The van der Waals surface area contributed by atoms with Gasteiger partial charge < -0.3 is 10.2 Å². The van der Waals surface area contributed by atoms with Crippen molar-refractivity contribution in [3.63, 3.8) is 0 Å². The highest BCUT2D eigenvalue weighted by Gasteiger charge is 2.25. The monoisotopic (exact) mass is 338 g/mol. The lowest BCUT2D eigenvalue weighted by Gasteiger charge is -2.33. The molecule has 25 heavy (non-hydrogen) atoms. The summed E-state index contributed by atoms with van der Waals surface area (Å²) in [6.45, 7) is 7.73. The Balaban J connectivity index is 1.62. The number of anilines is 1. The molecule has 1 unspecified atom stereocenters. The van der Waals surface area contributed by atoms with E-state index < -0.39 is 0 Å². The van der Waals surface area contributed by atoms with Crippen LogP contribution >= 0.6 is 0 Å². The molecule has 1 fully saturated rings. The molecular weight excluding hydrogens is 312 g/mol. The Kier molecular flexibility index (Phi) is 5.31. The lowest BCUT2D eigenvalue weighted by Crippen LogP contribution is -2.45. The Labute approximate surface area is 149 Å². The predicted molar refractivity (Wildman–Crippen MR) is 99.8 cm³/mol. The van der Waals surface area contributed by atoms with Crippen molar-refractivity contribution in [3.05, 3.63) is 53.6 Å². The molecule has 2 aromatic rings. The summed E-state index contributed by atoms with van der Waals surface area (Å²) < 4.78 is 0. The lowest BCUT2D eigenvalue weighted by molar-refractivity contribution is 0.0708. The number of hydrogen-bond acceptors (Lipinski definition) is 4. The summed E-state index contributed by atoms with van der Waals surface area (Å²) in [5, 5.41) is 3.56. The Hall–Kier alpha value is -2.43. The van der Waals surface area contributed by atoms with Crippen LogP contribution in [0.15, 0.2) is 36.7 Å². The number of rotatable bonds is 4. The number of amides is 1. The van der Waals surface area contributed by atoms with E-state index in [0.29, 0.717) is 18.2 Å². The highest BCUT2D eigenvalue weighted by atomic mass is 16.2. The molecule has 3 rings (SSSR count). The van der Waals surface area contributed by atoms with E-state index in [-0.39, 0.29) is 11.9 Å². The molecule has 1 saturated heterocycles. The maximum Gasteiger partial charge on any atom is 0.274 e. The topological polar surface area (TPSA) is 58.1 Å². The van der Waals surface area contributed by atoms with Crippen LogP contribution in [0, 0.1) is 6.92 Å². The van der Waals surface area contributed by atoms with E-state index >= 15 is 0 Å². The van der Waals surface area contributed by atoms with Crippen LogP contribution in [0.5, 0.6) is 0 Å². The van der Waals surface area contributed by atoms with E-state index in [1.54, 1.807) is 12.4 Å². The van der Waals surface area contributed by atoms with E-state index in [1.807, 2.05) is 11.8 Å². The van der Waals surface area contributed by atoms with Crippen LogP contribution in [0.3, 0.4) is 0 Å². The molecule has 1 aromatic carbocycles. The Bertz CT molecular complexity index is 709. The molecule has 1 aliphatic heterocycles. The first kappa shape index (κ1) is 17.4. The average Bonchev–Trinajstić information content (AvgIpc) is 2.62. The van der Waals surface area contributed by atoms with Crippen LogP contribution < -0.4 is 5.32 Å². The van der Waals surface area contributed by atoms with E-state index in [0.717, 1.165) is 30.8 Å². The van der Waals surface area contributed by atoms with Gasteiger partial charge in [0.25, 0.3) is 5.91 Å². The fourth-order valence-corrected chi connectivity index (χ4v) is 3.14. The van der Waals surface area contributed by atoms with Gasteiger partial charge >= 0.3 is 0 Å². The van der Waals surface area contributed by atoms with Gasteiger partial charge in [0.05, 0.1) is 11.9 Å². The minimum Gasteiger partial charge on any atom is -0.381 e. The number of nitrogens with one attached hydrogen (secondary N) is 1. The van der Waals surface area contributed by atoms with Crippen molar-refractivity contribution in [1.29, 1.82) is 0 Å². The molecule has 0 spiro atoms. The van der Waals surface area contributed by atoms with Gasteiger partial charge in [0.1, 0.15) is 5.69 Å². The van der Waals surface area contributed by atoms with E-state index in [4.69, 9.17) is 0 Å². The van der Waals surface area contributed by atoms with Gasteiger partial charge in [-0.05, 0) is 43.4 Å². The first-order chi connectivity index (χ1) is 12.0. The first-order valence-corrected chi connectivity index (χ1v) is 8.97. The van der Waals surface area contributed by atoms with Gasteiger partial charge in [-0.2, -0.15) is 0 Å². The normalized spacial score (nSPS) is 17.6. The minimum absolute atomic E-state index is 0.0332. The van der Waals surface area contributed by atoms with Gasteiger partial charge in [-0.3, -0.25) is 9.78 Å². The predicted octanol–water partition coefficient (Wildman–Crippen LogP) is 3.63. The number of aromatic nitrogens is 2. The lowest BCUT2D eigenvalue weighted by atomic mass is 10.0. The summed E-state index contributed by atoms with van der Waals surface area (Å²) in [7, 11) is 0. The van der Waals surface area contributed by atoms with Crippen LogP contribution in [-0.2, 0) is 0 Å². The van der Waals surface area contributed by atoms with Crippen molar-refractivity contribution in [3.8, 4) is 0 Å². The summed E-state index contributed by atoms with van der Waals surface area (Å²) >= 11 is 0. The zero-order valence-corrected chi connectivity index (χ0v) is 15.2. The highest BCUT2D eigenvalue weighted by Crippen LogP contribution is 2.20. The third-order valence-corrected chi connectivity index (χ3v) is 4.66. The van der Waals surface area contributed by atoms with Gasteiger partial charge in [-0.15, -0.1) is 0 Å². The van der Waals surface area contributed by atoms with E-state index in [1.165, 1.54) is 5.56 Å². The smallest absolute Gasteiger partial charge is 0.274 e. The molecule has 5 nitrogen and oxygen atoms in total. The molecule has 0 aliphatic carbocycles. The molecule has 1 atom stereocenters. The molecule has 5 heteroatoms. The zero-order chi connectivity index (χ0) is 17.8. The number of likely N-dealkylation sites (tertiary alicyclic amines) is 1. The number of carbonyl (C=O) groups is 1. The first-order valence-electron chi connectivity index (χ1n) is 8.97. The summed E-state index contributed by atoms with van der Waals surface area (Å²) in [4.78, 5) is 22.9. The molecule has 2 heterocycles. The van der Waals surface area contributed by atoms with E-state index in [9.17, 15) is 4.79 Å². The molecule has 0 radical (unpaired) electrons. The standard InChI is InChI=1S/C20H26N4O/c1-14(2)16-6-8-17(9-7-16)23-18-5-4-10-24(13-18)20(25)19-12-21-15(3)11-22-19/h6-9,11-12,14,18,23H,4-5,10,13H2,1-3H3. The van der Waals surface area contributed by atoms with Crippen molar-refractivity contribution >= 4 is 11.6 Å². The van der Waals surface area contributed by atoms with E-state index in [2.05, 4.69) is 53.4 Å². The number of piperidine rings is 1. The van der Waals surface area contributed by atoms with Gasteiger partial charge in [0.2, 0.25) is 0 Å². The quantitative estimate of drug-likeness (QED) is 0.925. The van der Waals surface area contributed by atoms with Crippen molar-refractivity contribution in [2.24, 2.45) is 0 Å². The van der Waals surface area contributed by atoms with Crippen LogP contribution in [0.2, 0.25) is 0 Å². The minimum atomic E-state index is -0.0332. The maximum atomic E-state index is 12.6. The summed E-state index contributed by atoms with van der Waals surface area (Å²) in [6.07, 6.45) is 5.27. The molecule has 1 amide bonds. The summed E-state index contributed by atoms with van der Waals surface area (Å²) in [6, 6.07) is 8.85. The van der Waals surface area contributed by atoms with Crippen LogP contribution in [0.4, 0.5) is 5.69 Å². The molecule has 1 aromatic heterocycles. The fourth-order valence-electron chi connectivity index (χ4n) is 3.14. The Morgan fingerprint density at radius 2 is 1.96 bits per heavy atom. The molecule has 1 aliphatic rings. The van der Waals surface area contributed by atoms with Gasteiger partial charge in [-0.25, -0.2) is 4.98 Å². The number of carbonyl (C=O) groups excluding carboxylic acids is 1. The van der Waals surface area contributed by atoms with Crippen molar-refractivity contribution in [1.82, 2.24) is 14.9 Å². The second-order valence-corrected chi connectivity index (χ2v) is 7.05. The molecule has 1 N–H and O–H groups in total. The average molecular weight is 338 g/mol. The number of hydrogen-bond donors (Lipinski definition) is 1. The van der Waals surface area contributed by atoms with Crippen LogP contribution in [0.1, 0.15) is 54.4 Å². The Morgan fingerprint density at radius 3 is 2.60 bits per heavy atom. The molecule has 132 valence electrons. The van der Waals surface area contributed by atoms with Crippen LogP contribution in [-0.4, -0.2) is 39.9 Å². The van der Waals surface area contributed by atoms with Gasteiger partial charge in [-0.1, -0.05) is 26.0 Å². The van der Waals surface area contributed by atoms with Crippen molar-refractivity contribution < 1.29 is 4.79 Å². The zero-order valence-electron chi connectivity index (χ0n) is 15.2.